The van der Waals surface area contributed by atoms with E-state index in [1.807, 2.05) is 0 Å². The van der Waals surface area contributed by atoms with Gasteiger partial charge >= 0.3 is 0 Å². The van der Waals surface area contributed by atoms with Crippen LogP contribution in [-0.4, -0.2) is 29.2 Å². The number of amides is 1. The molecule has 3 rings (SSSR count). The average molecular weight is 354 g/mol. The zero-order chi connectivity index (χ0) is 17.1. The Balaban J connectivity index is 1.57. The van der Waals surface area contributed by atoms with Gasteiger partial charge in [0.15, 0.2) is 5.82 Å². The number of rotatable bonds is 5. The van der Waals surface area contributed by atoms with Gasteiger partial charge in [0.1, 0.15) is 11.9 Å². The molecule has 0 spiro atoms. The number of carbonyl (C=O) groups excluding carboxylic acids is 1. The van der Waals surface area contributed by atoms with Crippen LogP contribution in [0.4, 0.5) is 4.39 Å². The van der Waals surface area contributed by atoms with E-state index in [0.29, 0.717) is 30.3 Å². The first-order valence-corrected chi connectivity index (χ1v) is 8.11. The van der Waals surface area contributed by atoms with E-state index >= 15 is 0 Å². The normalized spacial score (nSPS) is 17.2. The number of aromatic nitrogens is 2. The zero-order valence-electron chi connectivity index (χ0n) is 13.1. The molecule has 1 saturated heterocycles. The van der Waals surface area contributed by atoms with Crippen molar-refractivity contribution in [3.05, 3.63) is 45.8 Å². The van der Waals surface area contributed by atoms with Crippen molar-refractivity contribution in [3.63, 3.8) is 0 Å². The highest BCUT2D eigenvalue weighted by molar-refractivity contribution is 6.34. The number of hydrogen-bond donors (Lipinski definition) is 1. The van der Waals surface area contributed by atoms with Gasteiger partial charge in [0.25, 0.3) is 11.8 Å². The third kappa shape index (κ3) is 3.57. The molecule has 2 heterocycles. The van der Waals surface area contributed by atoms with Gasteiger partial charge in [-0.2, -0.15) is 4.98 Å². The maximum absolute atomic E-state index is 13.8. The molecule has 6 nitrogen and oxygen atoms in total. The van der Waals surface area contributed by atoms with Crippen LogP contribution in [0, 0.1) is 12.7 Å². The number of hydrogen-bond acceptors (Lipinski definition) is 5. The largest absolute Gasteiger partial charge is 0.368 e. The average Bonchev–Trinajstić information content (AvgIpc) is 3.22. The Labute approximate surface area is 143 Å². The molecule has 24 heavy (non-hydrogen) atoms. The summed E-state index contributed by atoms with van der Waals surface area (Å²) in [5, 5.41) is 6.60. The minimum atomic E-state index is -0.650. The smallest absolute Gasteiger partial charge is 0.255 e. The Morgan fingerprint density at radius 2 is 2.33 bits per heavy atom. The zero-order valence-corrected chi connectivity index (χ0v) is 13.9. The fourth-order valence-electron chi connectivity index (χ4n) is 2.51. The molecule has 8 heteroatoms. The maximum atomic E-state index is 13.8. The monoisotopic (exact) mass is 353 g/mol. The van der Waals surface area contributed by atoms with E-state index in [0.717, 1.165) is 12.8 Å². The molecular weight excluding hydrogens is 337 g/mol. The summed E-state index contributed by atoms with van der Waals surface area (Å²) in [4.78, 5) is 16.4. The van der Waals surface area contributed by atoms with Crippen LogP contribution >= 0.6 is 11.6 Å². The number of halogens is 2. The maximum Gasteiger partial charge on any atom is 0.255 e. The molecule has 1 aromatic carbocycles. The van der Waals surface area contributed by atoms with Gasteiger partial charge in [0.05, 0.1) is 10.6 Å². The number of aryl methyl sites for hydroxylation is 1. The Hall–Kier alpha value is -1.99. The minimum absolute atomic E-state index is 0.118. The quantitative estimate of drug-likeness (QED) is 0.894. The standard InChI is InChI=1S/C16H17ClFN3O3/c1-9-4-5-10(18)13(14(9)17)15(22)19-7-6-12-20-16(24-21-12)11-3-2-8-23-11/h4-5,11H,2-3,6-8H2,1H3,(H,19,22)/t11-/m1/s1. The Bertz CT molecular complexity index is 744. The van der Waals surface area contributed by atoms with Crippen LogP contribution in [0.3, 0.4) is 0 Å². The Morgan fingerprint density at radius 3 is 3.08 bits per heavy atom. The van der Waals surface area contributed by atoms with Crippen molar-refractivity contribution in [2.75, 3.05) is 13.2 Å². The van der Waals surface area contributed by atoms with Gasteiger partial charge in [-0.3, -0.25) is 4.79 Å². The molecule has 2 aromatic rings. The number of carbonyl (C=O) groups is 1. The van der Waals surface area contributed by atoms with Gasteiger partial charge in [0, 0.05) is 19.6 Å². The van der Waals surface area contributed by atoms with E-state index in [4.69, 9.17) is 20.9 Å². The van der Waals surface area contributed by atoms with Crippen molar-refractivity contribution < 1.29 is 18.4 Å². The van der Waals surface area contributed by atoms with E-state index in [1.54, 1.807) is 6.92 Å². The van der Waals surface area contributed by atoms with E-state index < -0.39 is 11.7 Å². The van der Waals surface area contributed by atoms with E-state index in [9.17, 15) is 9.18 Å². The van der Waals surface area contributed by atoms with Gasteiger partial charge in [-0.1, -0.05) is 22.8 Å². The summed E-state index contributed by atoms with van der Waals surface area (Å²) in [6.07, 6.45) is 2.07. The molecule has 1 aliphatic rings. The number of ether oxygens (including phenoxy) is 1. The number of nitrogens with one attached hydrogen (secondary N) is 1. The van der Waals surface area contributed by atoms with Gasteiger partial charge in [-0.25, -0.2) is 4.39 Å². The number of nitrogens with zero attached hydrogens (tertiary/aromatic N) is 2. The second-order valence-electron chi connectivity index (χ2n) is 5.61. The molecular formula is C16H17ClFN3O3. The third-order valence-electron chi connectivity index (χ3n) is 3.83. The lowest BCUT2D eigenvalue weighted by Gasteiger charge is -2.08. The molecule has 0 saturated carbocycles. The minimum Gasteiger partial charge on any atom is -0.368 e. The first-order chi connectivity index (χ1) is 11.6. The SMILES string of the molecule is Cc1ccc(F)c(C(=O)NCCc2noc([C@H]3CCCO3)n2)c1Cl. The van der Waals surface area contributed by atoms with Crippen LogP contribution in [0.15, 0.2) is 16.7 Å². The van der Waals surface area contributed by atoms with Gasteiger partial charge < -0.3 is 14.6 Å². The third-order valence-corrected chi connectivity index (χ3v) is 4.32. The molecule has 1 aromatic heterocycles. The lowest BCUT2D eigenvalue weighted by Crippen LogP contribution is -2.27. The van der Waals surface area contributed by atoms with Crippen molar-refractivity contribution in [2.24, 2.45) is 0 Å². The summed E-state index contributed by atoms with van der Waals surface area (Å²) >= 11 is 6.01. The molecule has 1 aliphatic heterocycles. The molecule has 0 aliphatic carbocycles. The molecule has 0 unspecified atom stereocenters. The van der Waals surface area contributed by atoms with E-state index in [1.165, 1.54) is 12.1 Å². The second kappa shape index (κ2) is 7.27. The van der Waals surface area contributed by atoms with Crippen LogP contribution in [0.5, 0.6) is 0 Å². The van der Waals surface area contributed by atoms with Gasteiger partial charge in [0.2, 0.25) is 0 Å². The highest BCUT2D eigenvalue weighted by atomic mass is 35.5. The predicted molar refractivity (Wildman–Crippen MR) is 84.4 cm³/mol. The molecule has 1 amide bonds. The van der Waals surface area contributed by atoms with Gasteiger partial charge in [-0.15, -0.1) is 0 Å². The van der Waals surface area contributed by atoms with Crippen molar-refractivity contribution in [3.8, 4) is 0 Å². The predicted octanol–water partition coefficient (Wildman–Crippen LogP) is 2.99. The lowest BCUT2D eigenvalue weighted by atomic mass is 10.1. The van der Waals surface area contributed by atoms with Crippen molar-refractivity contribution >= 4 is 17.5 Å². The fourth-order valence-corrected chi connectivity index (χ4v) is 2.75. The highest BCUT2D eigenvalue weighted by Crippen LogP contribution is 2.27. The summed E-state index contributed by atoms with van der Waals surface area (Å²) in [7, 11) is 0. The number of benzene rings is 1. The molecule has 0 bridgehead atoms. The molecule has 128 valence electrons. The summed E-state index contributed by atoms with van der Waals surface area (Å²) in [6.45, 7) is 2.65. The highest BCUT2D eigenvalue weighted by Gasteiger charge is 2.24. The first-order valence-electron chi connectivity index (χ1n) is 7.73. The summed E-state index contributed by atoms with van der Waals surface area (Å²) < 4.78 is 24.4. The van der Waals surface area contributed by atoms with E-state index in [2.05, 4.69) is 15.5 Å². The van der Waals surface area contributed by atoms with Crippen LogP contribution in [0.25, 0.3) is 0 Å². The van der Waals surface area contributed by atoms with Crippen molar-refractivity contribution in [1.82, 2.24) is 15.5 Å². The summed E-state index contributed by atoms with van der Waals surface area (Å²) in [5.74, 6) is -0.286. The molecule has 1 fully saturated rings. The summed E-state index contributed by atoms with van der Waals surface area (Å²) in [6, 6.07) is 2.75. The Kier molecular flexibility index (Phi) is 5.11. The van der Waals surface area contributed by atoms with Crippen LogP contribution < -0.4 is 5.32 Å². The first kappa shape index (κ1) is 16.9. The Morgan fingerprint density at radius 1 is 1.50 bits per heavy atom. The van der Waals surface area contributed by atoms with Gasteiger partial charge in [-0.05, 0) is 31.4 Å². The molecule has 1 atom stereocenters. The van der Waals surface area contributed by atoms with Crippen molar-refractivity contribution in [1.29, 1.82) is 0 Å². The fraction of sp³-hybridized carbons (Fsp3) is 0.438. The van der Waals surface area contributed by atoms with Crippen LogP contribution in [0.2, 0.25) is 5.02 Å². The van der Waals surface area contributed by atoms with Crippen LogP contribution in [-0.2, 0) is 11.2 Å². The molecule has 0 radical (unpaired) electrons. The summed E-state index contributed by atoms with van der Waals surface area (Å²) in [5.41, 5.74) is 0.493. The molecule has 1 N–H and O–H groups in total. The lowest BCUT2D eigenvalue weighted by molar-refractivity contribution is 0.0835. The van der Waals surface area contributed by atoms with Crippen LogP contribution in [0.1, 0.15) is 46.6 Å². The topological polar surface area (TPSA) is 77.2 Å². The van der Waals surface area contributed by atoms with Crippen molar-refractivity contribution in [2.45, 2.75) is 32.3 Å². The van der Waals surface area contributed by atoms with E-state index in [-0.39, 0.29) is 23.2 Å². The second-order valence-corrected chi connectivity index (χ2v) is 5.99.